The minimum Gasteiger partial charge on any atom is -0.301 e. The number of thiazole rings is 1. The van der Waals surface area contributed by atoms with Crippen molar-refractivity contribution in [2.75, 3.05) is 11.1 Å². The first-order valence-electron chi connectivity index (χ1n) is 7.02. The van der Waals surface area contributed by atoms with E-state index < -0.39 is 4.92 Å². The van der Waals surface area contributed by atoms with Crippen LogP contribution in [0.2, 0.25) is 0 Å². The number of nitrogens with zero attached hydrogens (tertiary/aromatic N) is 4. The molecule has 0 spiro atoms. The van der Waals surface area contributed by atoms with Crippen LogP contribution in [-0.2, 0) is 4.79 Å². The summed E-state index contributed by atoms with van der Waals surface area (Å²) in [6.45, 7) is 0. The summed E-state index contributed by atoms with van der Waals surface area (Å²) in [5, 5.41) is 16.2. The van der Waals surface area contributed by atoms with Gasteiger partial charge in [0.1, 0.15) is 0 Å². The summed E-state index contributed by atoms with van der Waals surface area (Å²) in [5.41, 5.74) is 1.19. The van der Waals surface area contributed by atoms with Crippen LogP contribution in [0.25, 0.3) is 11.3 Å². The van der Waals surface area contributed by atoms with Crippen LogP contribution in [0.3, 0.4) is 0 Å². The van der Waals surface area contributed by atoms with Crippen LogP contribution < -0.4 is 5.32 Å². The highest BCUT2D eigenvalue weighted by Gasteiger charge is 2.12. The van der Waals surface area contributed by atoms with E-state index >= 15 is 0 Å². The van der Waals surface area contributed by atoms with Crippen LogP contribution in [0.15, 0.2) is 53.3 Å². The first-order chi connectivity index (χ1) is 12.1. The lowest BCUT2D eigenvalue weighted by molar-refractivity contribution is -0.384. The number of carbonyl (C=O) groups excluding carboxylic acids is 1. The molecule has 8 nitrogen and oxygen atoms in total. The van der Waals surface area contributed by atoms with Crippen molar-refractivity contribution < 1.29 is 9.72 Å². The van der Waals surface area contributed by atoms with Crippen molar-refractivity contribution in [3.8, 4) is 11.3 Å². The third kappa shape index (κ3) is 4.58. The molecule has 3 rings (SSSR count). The first-order valence-corrected chi connectivity index (χ1v) is 8.88. The average Bonchev–Trinajstić information content (AvgIpc) is 3.09. The maximum absolute atomic E-state index is 12.0. The SMILES string of the molecule is O=C(CSc1ncccn1)Nc1nc(-c2cccc([N+](=O)[O-])c2)cs1. The number of nitrogens with one attached hydrogen (secondary N) is 1. The summed E-state index contributed by atoms with van der Waals surface area (Å²) >= 11 is 2.48. The van der Waals surface area contributed by atoms with Crippen molar-refractivity contribution in [1.29, 1.82) is 0 Å². The molecule has 2 heterocycles. The maximum atomic E-state index is 12.0. The molecule has 0 saturated heterocycles. The van der Waals surface area contributed by atoms with Crippen LogP contribution in [-0.4, -0.2) is 31.5 Å². The van der Waals surface area contributed by atoms with Crippen LogP contribution in [0.4, 0.5) is 10.8 Å². The number of aromatic nitrogens is 3. The van der Waals surface area contributed by atoms with E-state index in [2.05, 4.69) is 20.3 Å². The van der Waals surface area contributed by atoms with Gasteiger partial charge in [-0.15, -0.1) is 11.3 Å². The van der Waals surface area contributed by atoms with Gasteiger partial charge in [-0.1, -0.05) is 23.9 Å². The molecule has 1 amide bonds. The van der Waals surface area contributed by atoms with Crippen molar-refractivity contribution >= 4 is 39.8 Å². The fraction of sp³-hybridized carbons (Fsp3) is 0.0667. The number of benzene rings is 1. The molecule has 1 aromatic carbocycles. The topological polar surface area (TPSA) is 111 Å². The highest BCUT2D eigenvalue weighted by molar-refractivity contribution is 7.99. The van der Waals surface area contributed by atoms with Gasteiger partial charge in [0, 0.05) is 35.5 Å². The van der Waals surface area contributed by atoms with Gasteiger partial charge in [-0.2, -0.15) is 0 Å². The number of non-ortho nitro benzene ring substituents is 1. The zero-order chi connectivity index (χ0) is 17.6. The van der Waals surface area contributed by atoms with Gasteiger partial charge in [-0.05, 0) is 6.07 Å². The summed E-state index contributed by atoms with van der Waals surface area (Å²) in [6.07, 6.45) is 3.22. The Kier molecular flexibility index (Phi) is 5.31. The van der Waals surface area contributed by atoms with E-state index in [9.17, 15) is 14.9 Å². The van der Waals surface area contributed by atoms with Crippen LogP contribution in [0.1, 0.15) is 0 Å². The van der Waals surface area contributed by atoms with Crippen LogP contribution in [0.5, 0.6) is 0 Å². The number of hydrogen-bond acceptors (Lipinski definition) is 8. The molecule has 0 aliphatic rings. The molecule has 0 unspecified atom stereocenters. The highest BCUT2D eigenvalue weighted by atomic mass is 32.2. The monoisotopic (exact) mass is 373 g/mol. The molecule has 0 radical (unpaired) electrons. The molecule has 25 heavy (non-hydrogen) atoms. The molecule has 0 aliphatic carbocycles. The summed E-state index contributed by atoms with van der Waals surface area (Å²) in [4.78, 5) is 34.7. The quantitative estimate of drug-likeness (QED) is 0.305. The molecule has 0 fully saturated rings. The Morgan fingerprint density at radius 2 is 2.08 bits per heavy atom. The van der Waals surface area contributed by atoms with Gasteiger partial charge >= 0.3 is 0 Å². The Hall–Kier alpha value is -2.85. The van der Waals surface area contributed by atoms with Gasteiger partial charge in [-0.3, -0.25) is 14.9 Å². The number of nitro benzene ring substituents is 1. The Morgan fingerprint density at radius 3 is 2.84 bits per heavy atom. The summed E-state index contributed by atoms with van der Waals surface area (Å²) in [5.74, 6) is -0.0622. The lowest BCUT2D eigenvalue weighted by Crippen LogP contribution is -2.14. The van der Waals surface area contributed by atoms with Crippen molar-refractivity contribution in [2.24, 2.45) is 0 Å². The van der Waals surface area contributed by atoms with Gasteiger partial charge in [0.05, 0.1) is 16.4 Å². The Balaban J connectivity index is 1.62. The lowest BCUT2D eigenvalue weighted by Gasteiger charge is -2.01. The van der Waals surface area contributed by atoms with E-state index in [4.69, 9.17) is 0 Å². The van der Waals surface area contributed by atoms with Crippen molar-refractivity contribution in [3.05, 3.63) is 58.2 Å². The van der Waals surface area contributed by atoms with E-state index in [-0.39, 0.29) is 17.3 Å². The van der Waals surface area contributed by atoms with Gasteiger partial charge in [0.15, 0.2) is 10.3 Å². The van der Waals surface area contributed by atoms with Gasteiger partial charge in [0.2, 0.25) is 5.91 Å². The first kappa shape index (κ1) is 17.0. The summed E-state index contributed by atoms with van der Waals surface area (Å²) in [6, 6.07) is 7.90. The fourth-order valence-corrected chi connectivity index (χ4v) is 3.23. The third-order valence-corrected chi connectivity index (χ3v) is 4.61. The number of carbonyl (C=O) groups is 1. The summed E-state index contributed by atoms with van der Waals surface area (Å²) in [7, 11) is 0. The molecule has 126 valence electrons. The summed E-state index contributed by atoms with van der Waals surface area (Å²) < 4.78 is 0. The van der Waals surface area contributed by atoms with E-state index in [0.29, 0.717) is 21.5 Å². The van der Waals surface area contributed by atoms with Gasteiger partial charge in [-0.25, -0.2) is 15.0 Å². The Morgan fingerprint density at radius 1 is 1.28 bits per heavy atom. The third-order valence-electron chi connectivity index (χ3n) is 2.98. The fourth-order valence-electron chi connectivity index (χ4n) is 1.89. The highest BCUT2D eigenvalue weighted by Crippen LogP contribution is 2.27. The maximum Gasteiger partial charge on any atom is 0.270 e. The number of nitro groups is 1. The van der Waals surface area contributed by atoms with Crippen LogP contribution >= 0.6 is 23.1 Å². The minimum absolute atomic E-state index is 0.00431. The zero-order valence-corrected chi connectivity index (χ0v) is 14.3. The number of amides is 1. The van der Waals surface area contributed by atoms with E-state index in [1.54, 1.807) is 36.0 Å². The normalized spacial score (nSPS) is 10.4. The number of hydrogen-bond donors (Lipinski definition) is 1. The van der Waals surface area contributed by atoms with E-state index in [0.717, 1.165) is 0 Å². The second-order valence-corrected chi connectivity index (χ2v) is 6.51. The van der Waals surface area contributed by atoms with Crippen molar-refractivity contribution in [3.63, 3.8) is 0 Å². The average molecular weight is 373 g/mol. The molecule has 10 heteroatoms. The predicted molar refractivity (Wildman–Crippen MR) is 95.6 cm³/mol. The van der Waals surface area contributed by atoms with Crippen molar-refractivity contribution in [2.45, 2.75) is 5.16 Å². The van der Waals surface area contributed by atoms with Crippen molar-refractivity contribution in [1.82, 2.24) is 15.0 Å². The second-order valence-electron chi connectivity index (χ2n) is 4.71. The molecular weight excluding hydrogens is 362 g/mol. The molecule has 0 aliphatic heterocycles. The lowest BCUT2D eigenvalue weighted by atomic mass is 10.1. The zero-order valence-electron chi connectivity index (χ0n) is 12.7. The Bertz CT molecular complexity index is 901. The standard InChI is InChI=1S/C15H11N5O3S2/c21-13(9-25-14-16-5-2-6-17-14)19-15-18-12(8-24-15)10-3-1-4-11(7-10)20(22)23/h1-8H,9H2,(H,18,19,21). The molecule has 0 bridgehead atoms. The van der Waals surface area contributed by atoms with Crippen LogP contribution in [0, 0.1) is 10.1 Å². The molecular formula is C15H11N5O3S2. The minimum atomic E-state index is -0.457. The second kappa shape index (κ2) is 7.81. The van der Waals surface area contributed by atoms with Gasteiger partial charge in [0.25, 0.3) is 5.69 Å². The molecule has 3 aromatic rings. The number of rotatable bonds is 6. The largest absolute Gasteiger partial charge is 0.301 e. The van der Waals surface area contributed by atoms with E-state index in [1.807, 2.05) is 0 Å². The van der Waals surface area contributed by atoms with Gasteiger partial charge < -0.3 is 5.32 Å². The molecule has 1 N–H and O–H groups in total. The predicted octanol–water partition coefficient (Wildman–Crippen LogP) is 3.24. The number of anilines is 1. The molecule has 0 saturated carbocycles. The smallest absolute Gasteiger partial charge is 0.270 e. The van der Waals surface area contributed by atoms with E-state index in [1.165, 1.54) is 35.2 Å². The number of thioether (sulfide) groups is 1. The molecule has 0 atom stereocenters. The molecule has 2 aromatic heterocycles. The Labute approximate surface area is 150 Å².